The zero-order valence-corrected chi connectivity index (χ0v) is 42.7. The van der Waals surface area contributed by atoms with Gasteiger partial charge < -0.3 is 26.7 Å². The molecule has 0 unspecified atom stereocenters. The molecule has 370 valence electrons. The van der Waals surface area contributed by atoms with E-state index < -0.39 is 0 Å². The summed E-state index contributed by atoms with van der Waals surface area (Å²) in [7, 11) is 2.84. The third-order valence-corrected chi connectivity index (χ3v) is 13.8. The summed E-state index contributed by atoms with van der Waals surface area (Å²) in [6.07, 6.45) is 19.6. The van der Waals surface area contributed by atoms with Crippen LogP contribution in [0, 0.1) is 7.43 Å². The zero-order valence-electron chi connectivity index (χ0n) is 41.2. The van der Waals surface area contributed by atoms with Gasteiger partial charge in [-0.1, -0.05) is 91.7 Å². The van der Waals surface area contributed by atoms with Crippen molar-refractivity contribution in [3.8, 4) is 22.3 Å². The van der Waals surface area contributed by atoms with Crippen LogP contribution in [0.4, 0.5) is 0 Å². The second-order valence-corrected chi connectivity index (χ2v) is 18.6. The molecule has 2 aliphatic heterocycles. The first kappa shape index (κ1) is 52.1. The molecule has 2 aromatic heterocycles. The Labute approximate surface area is 430 Å². The molecule has 0 saturated carbocycles. The number of carbonyl (C=O) groups excluding carboxylic acids is 2. The Kier molecular flexibility index (Phi) is 18.9. The van der Waals surface area contributed by atoms with Crippen LogP contribution in [0.15, 0.2) is 103 Å². The van der Waals surface area contributed by atoms with E-state index >= 15 is 0 Å². The molecule has 4 aliphatic rings. The van der Waals surface area contributed by atoms with E-state index in [1.165, 1.54) is 114 Å². The maximum atomic E-state index is 12.1. The molecule has 4 aromatic carbocycles. The Morgan fingerprint density at radius 1 is 0.600 bits per heavy atom. The van der Waals surface area contributed by atoms with E-state index in [2.05, 4.69) is 58.4 Å². The monoisotopic (exact) mass is 1030 g/mol. The van der Waals surface area contributed by atoms with Crippen LogP contribution in [-0.4, -0.2) is 95.2 Å². The van der Waals surface area contributed by atoms with Gasteiger partial charge in [0, 0.05) is 65.2 Å². The molecule has 4 heterocycles. The second kappa shape index (κ2) is 25.4. The van der Waals surface area contributed by atoms with E-state index in [4.69, 9.17) is 29.4 Å². The fraction of sp³-hybridized carbons (Fsp3) is 0.373. The summed E-state index contributed by atoms with van der Waals surface area (Å²) in [5.74, 6) is 1.11. The summed E-state index contributed by atoms with van der Waals surface area (Å²) in [5, 5.41) is 0. The largest absolute Gasteiger partial charge is 0.465 e. The molecule has 0 atom stereocenters. The summed E-state index contributed by atoms with van der Waals surface area (Å²) < 4.78 is 9.84. The fourth-order valence-corrected chi connectivity index (χ4v) is 10.3. The number of piperidine rings is 2. The molecule has 0 bridgehead atoms. The summed E-state index contributed by atoms with van der Waals surface area (Å²) in [4.78, 5) is 49.3. The quantitative estimate of drug-likeness (QED) is 0.0426. The van der Waals surface area contributed by atoms with Gasteiger partial charge in [-0.15, -0.1) is 0 Å². The number of hydrogen-bond acceptors (Lipinski definition) is 10. The van der Waals surface area contributed by atoms with Crippen molar-refractivity contribution in [3.63, 3.8) is 0 Å². The number of carbonyl (C=O) groups is 2. The number of aryl methyl sites for hydroxylation is 1. The Bertz CT molecular complexity index is 2740. The van der Waals surface area contributed by atoms with Crippen molar-refractivity contribution < 1.29 is 40.9 Å². The van der Waals surface area contributed by atoms with Gasteiger partial charge in [0.05, 0.1) is 48.1 Å². The molecule has 10 nitrogen and oxygen atoms in total. The van der Waals surface area contributed by atoms with E-state index in [0.29, 0.717) is 24.0 Å². The molecule has 0 radical (unpaired) electrons. The van der Waals surface area contributed by atoms with Crippen molar-refractivity contribution >= 4 is 18.0 Å². The number of likely N-dealkylation sites (tertiary alicyclic amines) is 2. The Hall–Kier alpha value is -5.70. The van der Waals surface area contributed by atoms with Crippen LogP contribution in [0.2, 0.25) is 0 Å². The summed E-state index contributed by atoms with van der Waals surface area (Å²) >= 11 is 0. The van der Waals surface area contributed by atoms with Gasteiger partial charge in [0.2, 0.25) is 0 Å². The van der Waals surface area contributed by atoms with Crippen molar-refractivity contribution in [2.24, 2.45) is 0 Å². The summed E-state index contributed by atoms with van der Waals surface area (Å²) in [5.41, 5.74) is 14.6. The number of methoxy groups -OCH3 is 2. The van der Waals surface area contributed by atoms with Gasteiger partial charge in [0.1, 0.15) is 11.6 Å². The molecule has 11 heteroatoms. The van der Waals surface area contributed by atoms with E-state index in [0.717, 1.165) is 95.3 Å². The fourth-order valence-electron chi connectivity index (χ4n) is 10.3. The van der Waals surface area contributed by atoms with Gasteiger partial charge in [0.15, 0.2) is 0 Å². The minimum atomic E-state index is -0.313. The van der Waals surface area contributed by atoms with Crippen LogP contribution < -0.4 is 0 Å². The van der Waals surface area contributed by atoms with Gasteiger partial charge in [-0.05, 0) is 148 Å². The van der Waals surface area contributed by atoms with Crippen LogP contribution in [0.3, 0.4) is 0 Å². The smallest absolute Gasteiger partial charge is 0.337 e. The minimum Gasteiger partial charge on any atom is -0.465 e. The van der Waals surface area contributed by atoms with Gasteiger partial charge >= 0.3 is 11.9 Å². The third-order valence-electron chi connectivity index (χ3n) is 13.8. The van der Waals surface area contributed by atoms with Gasteiger partial charge in [0.25, 0.3) is 0 Å². The summed E-state index contributed by atoms with van der Waals surface area (Å²) in [6.45, 7) is 7.21. The third kappa shape index (κ3) is 13.0. The SMILES string of the molecule is COC(=O)c1ccc2c(c1)Cc1nc(Cc3ccccc3)nc(/C=C/CCN3CCCCC3)c1-2.COC(=O)c1ccc2c(c1)Cc1nc(Cc3ccccc3)nc(CCCCN3CCCCC3)c1-2.[CH3-].[HH].[Pd]. The van der Waals surface area contributed by atoms with Crippen LogP contribution in [0.25, 0.3) is 28.3 Å². The number of fused-ring (bicyclic) bond motifs is 6. The van der Waals surface area contributed by atoms with Crippen molar-refractivity contribution in [1.82, 2.24) is 29.7 Å². The molecular formula is C59H69N6O4Pd-. The number of nitrogens with zero attached hydrogens (tertiary/aromatic N) is 6. The van der Waals surface area contributed by atoms with Crippen LogP contribution >= 0.6 is 0 Å². The number of unbranched alkanes of at least 4 members (excludes halogenated alkanes) is 1. The normalized spacial score (nSPS) is 14.8. The number of hydrogen-bond donors (Lipinski definition) is 0. The van der Waals surface area contributed by atoms with Gasteiger partial charge in [-0.3, -0.25) is 0 Å². The first-order valence-corrected chi connectivity index (χ1v) is 24.8. The number of rotatable bonds is 15. The van der Waals surface area contributed by atoms with Crippen molar-refractivity contribution in [2.75, 3.05) is 53.5 Å². The molecule has 2 aliphatic carbocycles. The number of ether oxygens (including phenoxy) is 2. The molecule has 0 amide bonds. The molecule has 0 spiro atoms. The van der Waals surface area contributed by atoms with Crippen LogP contribution in [0.1, 0.15) is 137 Å². The maximum Gasteiger partial charge on any atom is 0.337 e. The van der Waals surface area contributed by atoms with E-state index in [9.17, 15) is 9.59 Å². The number of esters is 2. The van der Waals surface area contributed by atoms with E-state index in [-0.39, 0.29) is 41.2 Å². The first-order chi connectivity index (χ1) is 33.4. The molecular weight excluding hydrogens is 963 g/mol. The zero-order chi connectivity index (χ0) is 46.7. The molecule has 2 fully saturated rings. The van der Waals surface area contributed by atoms with Crippen molar-refractivity contribution in [1.29, 1.82) is 0 Å². The van der Waals surface area contributed by atoms with E-state index in [1.54, 1.807) is 0 Å². The molecule has 2 saturated heterocycles. The molecule has 70 heavy (non-hydrogen) atoms. The van der Waals surface area contributed by atoms with E-state index in [1.807, 2.05) is 60.7 Å². The number of benzene rings is 4. The topological polar surface area (TPSA) is 111 Å². The van der Waals surface area contributed by atoms with Crippen molar-refractivity contribution in [2.45, 2.75) is 89.9 Å². The summed E-state index contributed by atoms with van der Waals surface area (Å²) in [6, 6.07) is 32.4. The molecule has 0 N–H and O–H groups in total. The average molecular weight is 1030 g/mol. The Morgan fingerprint density at radius 2 is 1.10 bits per heavy atom. The predicted octanol–water partition coefficient (Wildman–Crippen LogP) is 11.2. The minimum absolute atomic E-state index is 0. The van der Waals surface area contributed by atoms with Crippen molar-refractivity contribution in [3.05, 3.63) is 178 Å². The molecule has 10 rings (SSSR count). The maximum absolute atomic E-state index is 12.1. The van der Waals surface area contributed by atoms with Gasteiger partial charge in [-0.25, -0.2) is 29.5 Å². The standard InChI is InChI=1S/C29H33N3O2.C29H31N3O2.CH3.Pd.H2/c2*1-34-29(33)22-13-14-24-23(19-22)20-26-28(24)25(12-6-9-17-32-15-7-3-8-16-32)30-27(31-26)18-21-10-4-2-5-11-21;;;/h2,4-5,10-11,13-14,19H,3,6-9,12,15-18,20H2,1H3;2,4-6,10-14,19H,3,7-9,15-18,20H2,1H3;1H3;;1H/q;;-1;;/b;12-6+;;;. The second-order valence-electron chi connectivity index (χ2n) is 18.6. The van der Waals surface area contributed by atoms with Crippen LogP contribution in [0.5, 0.6) is 0 Å². The Balaban J connectivity index is 0.000000223. The first-order valence-electron chi connectivity index (χ1n) is 24.8. The number of aromatic nitrogens is 4. The predicted molar refractivity (Wildman–Crippen MR) is 277 cm³/mol. The molecule has 6 aromatic rings. The van der Waals surface area contributed by atoms with Gasteiger partial charge in [-0.2, -0.15) is 0 Å². The average Bonchev–Trinajstić information content (AvgIpc) is 3.95. The Morgan fingerprint density at radius 3 is 1.64 bits per heavy atom. The van der Waals surface area contributed by atoms with Crippen LogP contribution in [-0.2, 0) is 62.0 Å².